The van der Waals surface area contributed by atoms with E-state index in [9.17, 15) is 0 Å². The fourth-order valence-electron chi connectivity index (χ4n) is 2.40. The zero-order valence-corrected chi connectivity index (χ0v) is 9.04. The largest absolute Gasteiger partial charge is 0.316 e. The number of hydrogen-bond acceptors (Lipinski definition) is 2. The van der Waals surface area contributed by atoms with E-state index in [4.69, 9.17) is 0 Å². The first-order valence-corrected chi connectivity index (χ1v) is 6.33. The molecule has 2 saturated carbocycles. The molecule has 2 nitrogen and oxygen atoms in total. The van der Waals surface area contributed by atoms with Crippen molar-refractivity contribution in [1.29, 1.82) is 0 Å². The van der Waals surface area contributed by atoms with Crippen LogP contribution in [-0.4, -0.2) is 37.6 Å². The smallest absolute Gasteiger partial charge is 0.00342 e. The van der Waals surface area contributed by atoms with Crippen molar-refractivity contribution in [3.8, 4) is 0 Å². The molecular formula is C12H22N2. The normalized spacial score (nSPS) is 28.1. The van der Waals surface area contributed by atoms with Gasteiger partial charge in [0.2, 0.25) is 0 Å². The second-order valence-corrected chi connectivity index (χ2v) is 5.63. The Kier molecular flexibility index (Phi) is 2.50. The van der Waals surface area contributed by atoms with Crippen LogP contribution in [0, 0.1) is 17.8 Å². The molecule has 0 aromatic carbocycles. The van der Waals surface area contributed by atoms with E-state index in [2.05, 4.69) is 10.2 Å². The van der Waals surface area contributed by atoms with Crippen LogP contribution < -0.4 is 5.32 Å². The summed E-state index contributed by atoms with van der Waals surface area (Å²) >= 11 is 0. The molecule has 0 aromatic rings. The van der Waals surface area contributed by atoms with Crippen molar-refractivity contribution in [1.82, 2.24) is 10.2 Å². The second-order valence-electron chi connectivity index (χ2n) is 5.63. The van der Waals surface area contributed by atoms with Crippen molar-refractivity contribution in [2.45, 2.75) is 25.7 Å². The van der Waals surface area contributed by atoms with E-state index in [1.54, 1.807) is 0 Å². The molecule has 14 heavy (non-hydrogen) atoms. The maximum Gasteiger partial charge on any atom is 0.00342 e. The first kappa shape index (κ1) is 9.17. The van der Waals surface area contributed by atoms with Crippen molar-refractivity contribution >= 4 is 0 Å². The highest BCUT2D eigenvalue weighted by Gasteiger charge is 2.31. The molecule has 0 radical (unpaired) electrons. The van der Waals surface area contributed by atoms with Gasteiger partial charge in [-0.3, -0.25) is 0 Å². The summed E-state index contributed by atoms with van der Waals surface area (Å²) < 4.78 is 0. The van der Waals surface area contributed by atoms with Gasteiger partial charge in [-0.05, 0) is 43.4 Å². The minimum Gasteiger partial charge on any atom is -0.316 e. The Bertz CT molecular complexity index is 178. The molecule has 1 saturated heterocycles. The molecule has 0 aromatic heterocycles. The van der Waals surface area contributed by atoms with Crippen LogP contribution >= 0.6 is 0 Å². The van der Waals surface area contributed by atoms with Crippen molar-refractivity contribution < 1.29 is 0 Å². The molecule has 1 aliphatic heterocycles. The van der Waals surface area contributed by atoms with Gasteiger partial charge in [0.15, 0.2) is 0 Å². The Morgan fingerprint density at radius 2 is 1.29 bits per heavy atom. The van der Waals surface area contributed by atoms with Crippen LogP contribution in [0.15, 0.2) is 0 Å². The van der Waals surface area contributed by atoms with E-state index in [0.29, 0.717) is 0 Å². The molecule has 1 heterocycles. The maximum absolute atomic E-state index is 3.38. The fraction of sp³-hybridized carbons (Fsp3) is 1.00. The summed E-state index contributed by atoms with van der Waals surface area (Å²) in [5.74, 6) is 3.11. The van der Waals surface area contributed by atoms with Gasteiger partial charge in [-0.25, -0.2) is 0 Å². The predicted octanol–water partition coefficient (Wildman–Crippen LogP) is 1.33. The Morgan fingerprint density at radius 1 is 0.786 bits per heavy atom. The summed E-state index contributed by atoms with van der Waals surface area (Å²) in [5.41, 5.74) is 0. The van der Waals surface area contributed by atoms with Crippen molar-refractivity contribution in [3.05, 3.63) is 0 Å². The molecule has 3 fully saturated rings. The van der Waals surface area contributed by atoms with Gasteiger partial charge in [0, 0.05) is 32.7 Å². The molecule has 0 bridgehead atoms. The first-order chi connectivity index (χ1) is 6.90. The standard InChI is InChI=1S/C12H22N2/c1-2-10(1)7-14(8-11-3-4-11)9-12-5-13-6-12/h10-13H,1-9H2. The summed E-state index contributed by atoms with van der Waals surface area (Å²) in [6.45, 7) is 6.73. The van der Waals surface area contributed by atoms with Gasteiger partial charge in [-0.15, -0.1) is 0 Å². The quantitative estimate of drug-likeness (QED) is 0.686. The summed E-state index contributed by atoms with van der Waals surface area (Å²) in [5, 5.41) is 3.38. The number of nitrogens with zero attached hydrogens (tertiary/aromatic N) is 1. The predicted molar refractivity (Wildman–Crippen MR) is 58.2 cm³/mol. The third kappa shape index (κ3) is 2.48. The van der Waals surface area contributed by atoms with E-state index in [0.717, 1.165) is 17.8 Å². The lowest BCUT2D eigenvalue weighted by Crippen LogP contribution is -2.49. The van der Waals surface area contributed by atoms with E-state index >= 15 is 0 Å². The lowest BCUT2D eigenvalue weighted by atomic mass is 10.0. The highest BCUT2D eigenvalue weighted by atomic mass is 15.2. The van der Waals surface area contributed by atoms with Crippen LogP contribution in [0.1, 0.15) is 25.7 Å². The first-order valence-electron chi connectivity index (χ1n) is 6.33. The molecular weight excluding hydrogens is 172 g/mol. The Morgan fingerprint density at radius 3 is 1.64 bits per heavy atom. The third-order valence-corrected chi connectivity index (χ3v) is 3.81. The Labute approximate surface area is 87.0 Å². The summed E-state index contributed by atoms with van der Waals surface area (Å²) in [4.78, 5) is 2.76. The van der Waals surface area contributed by atoms with Crippen molar-refractivity contribution in [2.75, 3.05) is 32.7 Å². The van der Waals surface area contributed by atoms with Crippen LogP contribution in [-0.2, 0) is 0 Å². The SMILES string of the molecule is C1CC1CN(CC1CC1)CC1CNC1. The summed E-state index contributed by atoms with van der Waals surface area (Å²) in [6, 6.07) is 0. The van der Waals surface area contributed by atoms with Crippen LogP contribution in [0.4, 0.5) is 0 Å². The maximum atomic E-state index is 3.38. The zero-order valence-electron chi connectivity index (χ0n) is 9.04. The highest BCUT2D eigenvalue weighted by molar-refractivity contribution is 4.85. The molecule has 0 unspecified atom stereocenters. The molecule has 2 heteroatoms. The fourth-order valence-corrected chi connectivity index (χ4v) is 2.40. The third-order valence-electron chi connectivity index (χ3n) is 3.81. The van der Waals surface area contributed by atoms with Gasteiger partial charge in [-0.2, -0.15) is 0 Å². The Hall–Kier alpha value is -0.0800. The van der Waals surface area contributed by atoms with Crippen molar-refractivity contribution in [2.24, 2.45) is 17.8 Å². The van der Waals surface area contributed by atoms with Gasteiger partial charge in [0.1, 0.15) is 0 Å². The number of nitrogens with one attached hydrogen (secondary N) is 1. The lowest BCUT2D eigenvalue weighted by Gasteiger charge is -2.33. The van der Waals surface area contributed by atoms with Gasteiger partial charge >= 0.3 is 0 Å². The summed E-state index contributed by atoms with van der Waals surface area (Å²) in [7, 11) is 0. The van der Waals surface area contributed by atoms with Gasteiger partial charge in [0.05, 0.1) is 0 Å². The van der Waals surface area contributed by atoms with E-state index in [1.807, 2.05) is 0 Å². The molecule has 1 N–H and O–H groups in total. The van der Waals surface area contributed by atoms with Gasteiger partial charge in [-0.1, -0.05) is 0 Å². The minimum atomic E-state index is 0.965. The Balaban J connectivity index is 1.44. The van der Waals surface area contributed by atoms with Crippen LogP contribution in [0.2, 0.25) is 0 Å². The molecule has 0 atom stereocenters. The van der Waals surface area contributed by atoms with Gasteiger partial charge < -0.3 is 10.2 Å². The minimum absolute atomic E-state index is 0.965. The summed E-state index contributed by atoms with van der Waals surface area (Å²) in [6.07, 6.45) is 6.02. The van der Waals surface area contributed by atoms with Crippen LogP contribution in [0.3, 0.4) is 0 Å². The van der Waals surface area contributed by atoms with Crippen LogP contribution in [0.25, 0.3) is 0 Å². The molecule has 2 aliphatic carbocycles. The van der Waals surface area contributed by atoms with Gasteiger partial charge in [0.25, 0.3) is 0 Å². The zero-order chi connectivity index (χ0) is 9.38. The van der Waals surface area contributed by atoms with Crippen molar-refractivity contribution in [3.63, 3.8) is 0 Å². The molecule has 0 amide bonds. The average Bonchev–Trinajstić information content (AvgIpc) is 2.90. The number of rotatable bonds is 6. The molecule has 3 rings (SSSR count). The van der Waals surface area contributed by atoms with E-state index in [1.165, 1.54) is 58.4 Å². The lowest BCUT2D eigenvalue weighted by molar-refractivity contribution is 0.180. The molecule has 0 spiro atoms. The average molecular weight is 194 g/mol. The number of hydrogen-bond donors (Lipinski definition) is 1. The van der Waals surface area contributed by atoms with E-state index in [-0.39, 0.29) is 0 Å². The molecule has 3 aliphatic rings. The topological polar surface area (TPSA) is 15.3 Å². The highest BCUT2D eigenvalue weighted by Crippen LogP contribution is 2.34. The van der Waals surface area contributed by atoms with E-state index < -0.39 is 0 Å². The molecule has 80 valence electrons. The monoisotopic (exact) mass is 194 g/mol. The van der Waals surface area contributed by atoms with Crippen LogP contribution in [0.5, 0.6) is 0 Å². The second kappa shape index (κ2) is 3.82.